The molecule has 212 valence electrons. The molecule has 1 atom stereocenters. The standard InChI is InChI=1S/C31H24N2O8S/c1-4-26(34)39-18-23(40-27(35)5-2)17-38-22-12-10-21(11-13-22)31(36)41-25-15-14-24(37-3)28-29(25)42-30(33-28)20-8-6-19(16-32)7-9-20/h4-15,23H,1-2,17-18H2,3H3. The minimum absolute atomic E-state index is 0.120. The third kappa shape index (κ3) is 7.18. The van der Waals surface area contributed by atoms with Gasteiger partial charge in [-0.15, -0.1) is 11.3 Å². The van der Waals surface area contributed by atoms with Gasteiger partial charge in [0.2, 0.25) is 0 Å². The van der Waals surface area contributed by atoms with Gasteiger partial charge in [0.25, 0.3) is 0 Å². The number of hydrogen-bond donors (Lipinski definition) is 0. The van der Waals surface area contributed by atoms with Crippen LogP contribution in [0.15, 0.2) is 86.0 Å². The monoisotopic (exact) mass is 584 g/mol. The molecule has 0 amide bonds. The maximum atomic E-state index is 13.0. The average molecular weight is 585 g/mol. The number of rotatable bonds is 12. The summed E-state index contributed by atoms with van der Waals surface area (Å²) in [6.45, 7) is 6.30. The molecule has 4 rings (SSSR count). The fourth-order valence-corrected chi connectivity index (χ4v) is 4.65. The van der Waals surface area contributed by atoms with E-state index in [9.17, 15) is 14.4 Å². The first-order valence-electron chi connectivity index (χ1n) is 12.4. The maximum Gasteiger partial charge on any atom is 0.343 e. The van der Waals surface area contributed by atoms with Crippen LogP contribution in [0.2, 0.25) is 0 Å². The molecule has 0 saturated carbocycles. The van der Waals surface area contributed by atoms with Gasteiger partial charge in [0.15, 0.2) is 11.9 Å². The number of nitriles is 1. The Morgan fingerprint density at radius 1 is 0.952 bits per heavy atom. The van der Waals surface area contributed by atoms with Gasteiger partial charge < -0.3 is 23.7 Å². The van der Waals surface area contributed by atoms with Gasteiger partial charge in [-0.3, -0.25) is 0 Å². The number of thiazole rings is 1. The van der Waals surface area contributed by atoms with Crippen LogP contribution in [0.25, 0.3) is 20.8 Å². The molecule has 11 heteroatoms. The summed E-state index contributed by atoms with van der Waals surface area (Å²) in [4.78, 5) is 40.7. The second-order valence-electron chi connectivity index (χ2n) is 8.47. The highest BCUT2D eigenvalue weighted by Crippen LogP contribution is 2.40. The Labute approximate surface area is 245 Å². The van der Waals surface area contributed by atoms with Crippen LogP contribution in [-0.4, -0.2) is 49.3 Å². The first-order chi connectivity index (χ1) is 20.3. The number of carbonyl (C=O) groups is 3. The fraction of sp³-hybridized carbons (Fsp3) is 0.129. The summed E-state index contributed by atoms with van der Waals surface area (Å²) >= 11 is 1.33. The first-order valence-corrected chi connectivity index (χ1v) is 13.2. The number of esters is 3. The van der Waals surface area contributed by atoms with Crippen molar-refractivity contribution < 1.29 is 38.1 Å². The van der Waals surface area contributed by atoms with E-state index < -0.39 is 24.0 Å². The van der Waals surface area contributed by atoms with Crippen molar-refractivity contribution in [1.29, 1.82) is 5.26 Å². The second-order valence-corrected chi connectivity index (χ2v) is 9.47. The van der Waals surface area contributed by atoms with Crippen molar-refractivity contribution in [2.45, 2.75) is 6.10 Å². The zero-order chi connectivity index (χ0) is 30.1. The lowest BCUT2D eigenvalue weighted by molar-refractivity contribution is -0.154. The molecule has 42 heavy (non-hydrogen) atoms. The summed E-state index contributed by atoms with van der Waals surface area (Å²) in [7, 11) is 1.53. The molecular formula is C31H24N2O8S. The van der Waals surface area contributed by atoms with Crippen LogP contribution in [0.4, 0.5) is 0 Å². The minimum atomic E-state index is -0.893. The van der Waals surface area contributed by atoms with E-state index in [0.717, 1.165) is 17.7 Å². The summed E-state index contributed by atoms with van der Waals surface area (Å²) in [5.41, 5.74) is 2.15. The van der Waals surface area contributed by atoms with E-state index in [1.165, 1.54) is 30.6 Å². The SMILES string of the molecule is C=CC(=O)OCC(COc1ccc(C(=O)Oc2ccc(OC)c3nc(-c4ccc(C#N)cc4)sc23)cc1)OC(=O)C=C. The van der Waals surface area contributed by atoms with Crippen molar-refractivity contribution >= 4 is 39.5 Å². The molecular weight excluding hydrogens is 560 g/mol. The van der Waals surface area contributed by atoms with Crippen molar-refractivity contribution in [3.8, 4) is 33.9 Å². The largest absolute Gasteiger partial charge is 0.494 e. The van der Waals surface area contributed by atoms with E-state index in [4.69, 9.17) is 28.9 Å². The van der Waals surface area contributed by atoms with Gasteiger partial charge in [-0.2, -0.15) is 5.26 Å². The molecule has 10 nitrogen and oxygen atoms in total. The number of fused-ring (bicyclic) bond motifs is 1. The summed E-state index contributed by atoms with van der Waals surface area (Å²) in [5, 5.41) is 9.74. The van der Waals surface area contributed by atoms with E-state index in [2.05, 4.69) is 24.2 Å². The minimum Gasteiger partial charge on any atom is -0.494 e. The van der Waals surface area contributed by atoms with E-state index in [1.54, 1.807) is 48.5 Å². The molecule has 1 heterocycles. The third-order valence-electron chi connectivity index (χ3n) is 5.71. The molecule has 0 aliphatic carbocycles. The first kappa shape index (κ1) is 29.5. The van der Waals surface area contributed by atoms with Gasteiger partial charge in [-0.25, -0.2) is 19.4 Å². The van der Waals surface area contributed by atoms with E-state index in [0.29, 0.717) is 38.0 Å². The highest BCUT2D eigenvalue weighted by atomic mass is 32.1. The maximum absolute atomic E-state index is 13.0. The molecule has 4 aromatic rings. The van der Waals surface area contributed by atoms with Crippen molar-refractivity contribution in [1.82, 2.24) is 4.98 Å². The predicted molar refractivity (Wildman–Crippen MR) is 154 cm³/mol. The number of benzene rings is 3. The molecule has 0 radical (unpaired) electrons. The Balaban J connectivity index is 1.47. The molecule has 0 aliphatic rings. The van der Waals surface area contributed by atoms with Gasteiger partial charge in [0, 0.05) is 17.7 Å². The lowest BCUT2D eigenvalue weighted by atomic mass is 10.1. The summed E-state index contributed by atoms with van der Waals surface area (Å²) in [6, 6.07) is 18.6. The van der Waals surface area contributed by atoms with Crippen molar-refractivity contribution in [3.63, 3.8) is 0 Å². The number of ether oxygens (including phenoxy) is 5. The molecule has 0 spiro atoms. The highest BCUT2D eigenvalue weighted by molar-refractivity contribution is 7.22. The van der Waals surface area contributed by atoms with E-state index >= 15 is 0 Å². The normalized spacial score (nSPS) is 11.0. The smallest absolute Gasteiger partial charge is 0.343 e. The molecule has 3 aromatic carbocycles. The van der Waals surface area contributed by atoms with Crippen LogP contribution in [-0.2, 0) is 19.1 Å². The fourth-order valence-electron chi connectivity index (χ4n) is 3.61. The number of aromatic nitrogens is 1. The molecule has 0 saturated heterocycles. The van der Waals surface area contributed by atoms with Gasteiger partial charge in [-0.1, -0.05) is 25.3 Å². The zero-order valence-electron chi connectivity index (χ0n) is 22.4. The van der Waals surface area contributed by atoms with Gasteiger partial charge in [0.05, 0.1) is 24.3 Å². The summed E-state index contributed by atoms with van der Waals surface area (Å²) in [6.07, 6.45) is 1.08. The Morgan fingerprint density at radius 3 is 2.29 bits per heavy atom. The molecule has 0 N–H and O–H groups in total. The molecule has 1 aromatic heterocycles. The lowest BCUT2D eigenvalue weighted by Gasteiger charge is -2.17. The lowest BCUT2D eigenvalue weighted by Crippen LogP contribution is -2.30. The summed E-state index contributed by atoms with van der Waals surface area (Å²) in [5.74, 6) is -0.754. The Kier molecular flexibility index (Phi) is 9.65. The third-order valence-corrected chi connectivity index (χ3v) is 6.83. The van der Waals surface area contributed by atoms with Gasteiger partial charge in [0.1, 0.15) is 39.9 Å². The average Bonchev–Trinajstić information content (AvgIpc) is 3.48. The highest BCUT2D eigenvalue weighted by Gasteiger charge is 2.19. The van der Waals surface area contributed by atoms with Crippen LogP contribution in [0, 0.1) is 11.3 Å². The van der Waals surface area contributed by atoms with Crippen LogP contribution >= 0.6 is 11.3 Å². The molecule has 0 bridgehead atoms. The topological polar surface area (TPSA) is 134 Å². The number of methoxy groups -OCH3 is 1. The number of nitrogens with zero attached hydrogens (tertiary/aromatic N) is 2. The molecule has 1 unspecified atom stereocenters. The quantitative estimate of drug-likeness (QED) is 0.123. The van der Waals surface area contributed by atoms with E-state index in [1.807, 2.05) is 0 Å². The van der Waals surface area contributed by atoms with Crippen LogP contribution in [0.3, 0.4) is 0 Å². The Bertz CT molecular complexity index is 1670. The molecule has 0 fully saturated rings. The zero-order valence-corrected chi connectivity index (χ0v) is 23.2. The van der Waals surface area contributed by atoms with Gasteiger partial charge in [-0.05, 0) is 48.5 Å². The van der Waals surface area contributed by atoms with Crippen LogP contribution < -0.4 is 14.2 Å². The van der Waals surface area contributed by atoms with Gasteiger partial charge >= 0.3 is 17.9 Å². The van der Waals surface area contributed by atoms with Crippen molar-refractivity contribution in [2.24, 2.45) is 0 Å². The second kappa shape index (κ2) is 13.7. The number of carbonyl (C=O) groups excluding carboxylic acids is 3. The van der Waals surface area contributed by atoms with Crippen LogP contribution in [0.1, 0.15) is 15.9 Å². The molecule has 0 aliphatic heterocycles. The van der Waals surface area contributed by atoms with Crippen molar-refractivity contribution in [2.75, 3.05) is 20.3 Å². The van der Waals surface area contributed by atoms with Crippen molar-refractivity contribution in [3.05, 3.63) is 97.1 Å². The Morgan fingerprint density at radius 2 is 1.64 bits per heavy atom. The number of hydrogen-bond acceptors (Lipinski definition) is 11. The summed E-state index contributed by atoms with van der Waals surface area (Å²) < 4.78 is 27.5. The predicted octanol–water partition coefficient (Wildman–Crippen LogP) is 5.27. The Hall–Kier alpha value is -5.47. The van der Waals surface area contributed by atoms with E-state index in [-0.39, 0.29) is 18.8 Å². The van der Waals surface area contributed by atoms with Crippen LogP contribution in [0.5, 0.6) is 17.2 Å².